The van der Waals surface area contributed by atoms with Crippen molar-refractivity contribution in [1.82, 2.24) is 42.5 Å². The molecule has 0 heterocycles. The van der Waals surface area contributed by atoms with Gasteiger partial charge in [0.2, 0.25) is 47.3 Å². The van der Waals surface area contributed by atoms with Gasteiger partial charge >= 0.3 is 17.9 Å². The van der Waals surface area contributed by atoms with E-state index in [1.807, 2.05) is 6.92 Å². The molecule has 0 fully saturated rings. The smallest absolute Gasteiger partial charge is 0.326 e. The number of rotatable bonds is 34. The van der Waals surface area contributed by atoms with Crippen LogP contribution in [0.25, 0.3) is 0 Å². The topological polar surface area (TPSA) is 411 Å². The molecule has 0 unspecified atom stereocenters. The Bertz CT molecular complexity index is 2100. The average molecular weight is 1090 g/mol. The van der Waals surface area contributed by atoms with Crippen LogP contribution in [0.4, 0.5) is 0 Å². The molecule has 0 saturated carbocycles. The number of nitrogens with one attached hydrogen (secondary N) is 8. The lowest BCUT2D eigenvalue weighted by molar-refractivity contribution is -0.142. The summed E-state index contributed by atoms with van der Waals surface area (Å²) in [4.78, 5) is 144. The van der Waals surface area contributed by atoms with Crippen molar-refractivity contribution in [2.24, 2.45) is 23.5 Å². The van der Waals surface area contributed by atoms with Crippen molar-refractivity contribution in [1.29, 1.82) is 0 Å². The number of phenols is 1. The van der Waals surface area contributed by atoms with Crippen LogP contribution in [0.2, 0.25) is 0 Å². The van der Waals surface area contributed by atoms with Gasteiger partial charge in [-0.25, -0.2) is 4.79 Å². The zero-order valence-electron chi connectivity index (χ0n) is 42.8. The number of nitrogens with two attached hydrogens (primary N) is 1. The van der Waals surface area contributed by atoms with Gasteiger partial charge in [0.25, 0.3) is 0 Å². The van der Waals surface area contributed by atoms with Crippen molar-refractivity contribution < 1.29 is 78.3 Å². The van der Waals surface area contributed by atoms with E-state index in [1.165, 1.54) is 36.0 Å². The summed E-state index contributed by atoms with van der Waals surface area (Å²) in [6.07, 6.45) is -1.93. The molecule has 0 saturated heterocycles. The first kappa shape index (κ1) is 65.8. The fourth-order valence-corrected chi connectivity index (χ4v) is 7.69. The third-order valence-electron chi connectivity index (χ3n) is 11.6. The third kappa shape index (κ3) is 23.3. The first-order valence-electron chi connectivity index (χ1n) is 24.0. The number of hydrogen-bond acceptors (Lipinski definition) is 16. The fraction of sp³-hybridized carbons (Fsp3) is 0.638. The van der Waals surface area contributed by atoms with Gasteiger partial charge in [-0.2, -0.15) is 24.4 Å². The van der Waals surface area contributed by atoms with Gasteiger partial charge in [0.05, 0.1) is 18.6 Å². The molecule has 8 amide bonds. The Hall–Kier alpha value is -6.19. The number of carbonyl (C=O) groups is 11. The Labute approximate surface area is 439 Å². The van der Waals surface area contributed by atoms with E-state index in [-0.39, 0.29) is 42.6 Å². The lowest BCUT2D eigenvalue weighted by Crippen LogP contribution is -2.62. The van der Waals surface area contributed by atoms with Gasteiger partial charge in [-0.3, -0.25) is 47.9 Å². The maximum absolute atomic E-state index is 13.9. The van der Waals surface area contributed by atoms with Crippen molar-refractivity contribution in [2.75, 3.05) is 17.8 Å². The van der Waals surface area contributed by atoms with E-state index in [1.54, 1.807) is 40.9 Å². The zero-order chi connectivity index (χ0) is 56.6. The third-order valence-corrected chi connectivity index (χ3v) is 12.6. The fourth-order valence-electron chi connectivity index (χ4n) is 6.96. The van der Waals surface area contributed by atoms with Gasteiger partial charge in [-0.05, 0) is 73.6 Å². The molecule has 0 aromatic heterocycles. The standard InChI is InChI=1S/C47H75N9O16S2/c1-9-24(6)36(48)44(68)55-37(23(4)5)45(69)52-31(20-35(61)62)41(65)54-33(21-73)43(67)51-30(18-22(2)3)42(66)56-38(25(7)57)46(70)50-28(14-15-34(59)60)39(63)49-29(16-17-74-8)40(64)53-32(47(71)72)19-26-10-12-27(58)13-11-26/h10-13,22-25,28-33,36-38,57-58,73H,9,14-21,48H2,1-8H3,(H,49,63)(H,50,70)(H,51,67)(H,52,69)(H,53,64)(H,54,65)(H,55,68)(H,56,66)(H,59,60)(H,61,62)(H,71,72)/t24-,25+,28-,29-,30-,31-,32-,33-,36-,37-,38-/m0/s1. The molecule has 15 N–H and O–H groups in total. The summed E-state index contributed by atoms with van der Waals surface area (Å²) in [6.45, 7) is 11.3. The first-order valence-corrected chi connectivity index (χ1v) is 26.0. The summed E-state index contributed by atoms with van der Waals surface area (Å²) in [5.41, 5.74) is 6.49. The number of aliphatic hydroxyl groups is 1. The summed E-state index contributed by atoms with van der Waals surface area (Å²) in [7, 11) is 0. The molecule has 11 atom stereocenters. The van der Waals surface area contributed by atoms with E-state index in [0.29, 0.717) is 12.0 Å². The second-order valence-corrected chi connectivity index (χ2v) is 19.9. The van der Waals surface area contributed by atoms with Crippen LogP contribution in [0.1, 0.15) is 92.6 Å². The molecular weight excluding hydrogens is 1010 g/mol. The molecular formula is C47H75N9O16S2. The molecule has 0 aliphatic rings. The highest BCUT2D eigenvalue weighted by molar-refractivity contribution is 7.98. The van der Waals surface area contributed by atoms with Crippen LogP contribution in [0, 0.1) is 17.8 Å². The highest BCUT2D eigenvalue weighted by Gasteiger charge is 2.37. The normalized spacial score (nSPS) is 15.7. The minimum Gasteiger partial charge on any atom is -0.508 e. The van der Waals surface area contributed by atoms with Crippen LogP contribution in [-0.4, -0.2) is 169 Å². The minimum absolute atomic E-state index is 0.0370. The van der Waals surface area contributed by atoms with Gasteiger partial charge in [0, 0.05) is 18.6 Å². The largest absolute Gasteiger partial charge is 0.508 e. The maximum Gasteiger partial charge on any atom is 0.326 e. The number of benzene rings is 1. The lowest BCUT2D eigenvalue weighted by Gasteiger charge is -2.29. The summed E-state index contributed by atoms with van der Waals surface area (Å²) in [6, 6.07) is -7.87. The minimum atomic E-state index is -1.85. The number of carboxylic acid groups (broad SMARTS) is 3. The van der Waals surface area contributed by atoms with E-state index in [0.717, 1.165) is 6.92 Å². The Balaban J connectivity index is 3.35. The number of aromatic hydroxyl groups is 1. The maximum atomic E-state index is 13.9. The second-order valence-electron chi connectivity index (χ2n) is 18.6. The zero-order valence-corrected chi connectivity index (χ0v) is 44.5. The number of aliphatic carboxylic acids is 3. The van der Waals surface area contributed by atoms with Crippen LogP contribution in [0.5, 0.6) is 5.75 Å². The van der Waals surface area contributed by atoms with E-state index in [9.17, 15) is 78.3 Å². The molecule has 74 heavy (non-hydrogen) atoms. The number of hydrogen-bond donors (Lipinski definition) is 15. The number of carboxylic acids is 3. The Morgan fingerprint density at radius 3 is 1.54 bits per heavy atom. The van der Waals surface area contributed by atoms with Crippen LogP contribution >= 0.6 is 24.4 Å². The molecule has 0 aliphatic carbocycles. The number of amides is 8. The second kappa shape index (κ2) is 32.9. The average Bonchev–Trinajstić information content (AvgIpc) is 3.32. The van der Waals surface area contributed by atoms with E-state index in [4.69, 9.17) is 5.73 Å². The number of carbonyl (C=O) groups excluding carboxylic acids is 8. The Kier molecular flexibility index (Phi) is 29.2. The summed E-state index contributed by atoms with van der Waals surface area (Å²) >= 11 is 5.44. The predicted molar refractivity (Wildman–Crippen MR) is 274 cm³/mol. The summed E-state index contributed by atoms with van der Waals surface area (Å²) in [5.74, 6) is -13.5. The first-order chi connectivity index (χ1) is 34.6. The van der Waals surface area contributed by atoms with E-state index < -0.39 is 157 Å². The van der Waals surface area contributed by atoms with Crippen LogP contribution in [0.15, 0.2) is 24.3 Å². The molecule has 0 spiro atoms. The quantitative estimate of drug-likeness (QED) is 0.0345. The number of phenolic OH excluding ortho intramolecular Hbond substituents is 1. The van der Waals surface area contributed by atoms with Gasteiger partial charge in [0.15, 0.2) is 0 Å². The molecule has 1 rings (SSSR count). The summed E-state index contributed by atoms with van der Waals surface area (Å²) < 4.78 is 0. The molecule has 416 valence electrons. The van der Waals surface area contributed by atoms with Crippen molar-refractivity contribution in [3.63, 3.8) is 0 Å². The lowest BCUT2D eigenvalue weighted by atomic mass is 9.97. The van der Waals surface area contributed by atoms with Crippen LogP contribution in [-0.2, 0) is 59.2 Å². The van der Waals surface area contributed by atoms with E-state index >= 15 is 0 Å². The van der Waals surface area contributed by atoms with Gasteiger partial charge in [-0.15, -0.1) is 0 Å². The van der Waals surface area contributed by atoms with Crippen molar-refractivity contribution in [2.45, 2.75) is 154 Å². The monoisotopic (exact) mass is 1090 g/mol. The number of thioether (sulfide) groups is 1. The Morgan fingerprint density at radius 2 is 1.05 bits per heavy atom. The van der Waals surface area contributed by atoms with Gasteiger partial charge < -0.3 is 73.8 Å². The van der Waals surface area contributed by atoms with Gasteiger partial charge in [-0.1, -0.05) is 60.1 Å². The molecule has 0 aliphatic heterocycles. The Morgan fingerprint density at radius 1 is 0.595 bits per heavy atom. The van der Waals surface area contributed by atoms with Crippen LogP contribution < -0.4 is 48.3 Å². The van der Waals surface area contributed by atoms with Crippen molar-refractivity contribution in [3.05, 3.63) is 29.8 Å². The summed E-state index contributed by atoms with van der Waals surface area (Å²) in [5, 5.41) is 68.4. The highest BCUT2D eigenvalue weighted by atomic mass is 32.2. The molecule has 0 bridgehead atoms. The molecule has 27 heteroatoms. The van der Waals surface area contributed by atoms with E-state index in [2.05, 4.69) is 55.2 Å². The van der Waals surface area contributed by atoms with Crippen LogP contribution in [0.3, 0.4) is 0 Å². The SMILES string of the molecule is CC[C@H](C)[C@H](N)C(=O)N[C@H](C(=O)N[C@@H](CC(=O)O)C(=O)N[C@@H](CS)C(=O)N[C@@H](CC(C)C)C(=O)N[C@H](C(=O)N[C@@H](CCC(=O)O)C(=O)N[C@@H](CCSC)C(=O)N[C@@H](Cc1ccc(O)cc1)C(=O)O)[C@@H](C)O)C(C)C. The number of thiol groups is 1. The van der Waals surface area contributed by atoms with Crippen molar-refractivity contribution >= 4 is 89.6 Å². The van der Waals surface area contributed by atoms with Gasteiger partial charge in [0.1, 0.15) is 54.1 Å². The molecule has 0 radical (unpaired) electrons. The van der Waals surface area contributed by atoms with Crippen molar-refractivity contribution in [3.8, 4) is 5.75 Å². The molecule has 25 nitrogen and oxygen atoms in total. The molecule has 1 aromatic carbocycles. The highest BCUT2D eigenvalue weighted by Crippen LogP contribution is 2.14. The molecule has 1 aromatic rings. The predicted octanol–water partition coefficient (Wildman–Crippen LogP) is -1.62. The number of aliphatic hydroxyl groups excluding tert-OH is 1.